The SMILES string of the molecule is CC(CNCc1ccncc1)C1CC1. The van der Waals surface area contributed by atoms with E-state index in [1.165, 1.54) is 18.4 Å². The summed E-state index contributed by atoms with van der Waals surface area (Å²) in [5.74, 6) is 1.84. The zero-order valence-corrected chi connectivity index (χ0v) is 8.74. The van der Waals surface area contributed by atoms with Gasteiger partial charge in [-0.1, -0.05) is 6.92 Å². The second-order valence-corrected chi connectivity index (χ2v) is 4.30. The first-order valence-corrected chi connectivity index (χ1v) is 5.46. The van der Waals surface area contributed by atoms with Crippen LogP contribution in [0.4, 0.5) is 0 Å². The maximum atomic E-state index is 4.00. The Morgan fingerprint density at radius 3 is 2.79 bits per heavy atom. The van der Waals surface area contributed by atoms with Crippen LogP contribution < -0.4 is 5.32 Å². The van der Waals surface area contributed by atoms with E-state index in [0.29, 0.717) is 0 Å². The molecule has 1 heterocycles. The van der Waals surface area contributed by atoms with Gasteiger partial charge in [-0.3, -0.25) is 4.98 Å². The number of hydrogen-bond donors (Lipinski definition) is 1. The van der Waals surface area contributed by atoms with Gasteiger partial charge in [-0.25, -0.2) is 0 Å². The topological polar surface area (TPSA) is 24.9 Å². The summed E-state index contributed by atoms with van der Waals surface area (Å²) in [5.41, 5.74) is 1.32. The van der Waals surface area contributed by atoms with Crippen LogP contribution in [0.3, 0.4) is 0 Å². The van der Waals surface area contributed by atoms with Crippen molar-refractivity contribution in [2.75, 3.05) is 6.54 Å². The smallest absolute Gasteiger partial charge is 0.0271 e. The molecule has 76 valence electrons. The van der Waals surface area contributed by atoms with Crippen molar-refractivity contribution >= 4 is 0 Å². The zero-order chi connectivity index (χ0) is 9.80. The number of aromatic nitrogens is 1. The Morgan fingerprint density at radius 2 is 2.14 bits per heavy atom. The molecule has 0 radical (unpaired) electrons. The molecule has 1 saturated carbocycles. The van der Waals surface area contributed by atoms with E-state index < -0.39 is 0 Å². The second-order valence-electron chi connectivity index (χ2n) is 4.30. The van der Waals surface area contributed by atoms with E-state index in [9.17, 15) is 0 Å². The van der Waals surface area contributed by atoms with Crippen molar-refractivity contribution in [3.63, 3.8) is 0 Å². The summed E-state index contributed by atoms with van der Waals surface area (Å²) in [6.07, 6.45) is 6.58. The third-order valence-electron chi connectivity index (χ3n) is 2.97. The summed E-state index contributed by atoms with van der Waals surface area (Å²) in [4.78, 5) is 4.00. The Kier molecular flexibility index (Phi) is 3.14. The second kappa shape index (κ2) is 4.56. The van der Waals surface area contributed by atoms with E-state index in [1.807, 2.05) is 12.4 Å². The van der Waals surface area contributed by atoms with Crippen molar-refractivity contribution in [2.24, 2.45) is 11.8 Å². The van der Waals surface area contributed by atoms with Crippen LogP contribution >= 0.6 is 0 Å². The molecule has 1 N–H and O–H groups in total. The molecule has 1 aromatic heterocycles. The van der Waals surface area contributed by atoms with Crippen LogP contribution in [0.15, 0.2) is 24.5 Å². The van der Waals surface area contributed by atoms with Crippen LogP contribution in [-0.2, 0) is 6.54 Å². The largest absolute Gasteiger partial charge is 0.312 e. The molecule has 0 amide bonds. The van der Waals surface area contributed by atoms with Gasteiger partial charge in [0.1, 0.15) is 0 Å². The lowest BCUT2D eigenvalue weighted by atomic mass is 10.1. The number of pyridine rings is 1. The quantitative estimate of drug-likeness (QED) is 0.770. The molecule has 0 saturated heterocycles. The molecule has 1 aliphatic carbocycles. The van der Waals surface area contributed by atoms with E-state index in [-0.39, 0.29) is 0 Å². The predicted octanol–water partition coefficient (Wildman–Crippen LogP) is 2.22. The van der Waals surface area contributed by atoms with Crippen LogP contribution in [0.1, 0.15) is 25.3 Å². The molecule has 2 rings (SSSR count). The molecule has 1 unspecified atom stereocenters. The molecule has 1 fully saturated rings. The monoisotopic (exact) mass is 190 g/mol. The minimum absolute atomic E-state index is 0.844. The third kappa shape index (κ3) is 2.81. The average molecular weight is 190 g/mol. The lowest BCUT2D eigenvalue weighted by molar-refractivity contribution is 0.461. The highest BCUT2D eigenvalue weighted by molar-refractivity contribution is 5.08. The number of nitrogens with zero attached hydrogens (tertiary/aromatic N) is 1. The van der Waals surface area contributed by atoms with Crippen LogP contribution in [0.25, 0.3) is 0 Å². The van der Waals surface area contributed by atoms with E-state index in [4.69, 9.17) is 0 Å². The van der Waals surface area contributed by atoms with Gasteiger partial charge in [0.05, 0.1) is 0 Å². The van der Waals surface area contributed by atoms with Crippen LogP contribution in [0.5, 0.6) is 0 Å². The van der Waals surface area contributed by atoms with Crippen molar-refractivity contribution in [2.45, 2.75) is 26.3 Å². The predicted molar refractivity (Wildman–Crippen MR) is 57.8 cm³/mol. The van der Waals surface area contributed by atoms with E-state index in [1.54, 1.807) is 0 Å². The highest BCUT2D eigenvalue weighted by atomic mass is 14.9. The average Bonchev–Trinajstić information content (AvgIpc) is 3.02. The normalized spacial score (nSPS) is 18.1. The molecule has 0 aromatic carbocycles. The summed E-state index contributed by atoms with van der Waals surface area (Å²) in [7, 11) is 0. The summed E-state index contributed by atoms with van der Waals surface area (Å²) >= 11 is 0. The number of hydrogen-bond acceptors (Lipinski definition) is 2. The fourth-order valence-corrected chi connectivity index (χ4v) is 1.78. The van der Waals surface area contributed by atoms with E-state index in [0.717, 1.165) is 24.9 Å². The highest BCUT2D eigenvalue weighted by Crippen LogP contribution is 2.36. The first kappa shape index (κ1) is 9.66. The molecule has 2 heteroatoms. The molecule has 0 spiro atoms. The van der Waals surface area contributed by atoms with Gasteiger partial charge in [0.15, 0.2) is 0 Å². The van der Waals surface area contributed by atoms with Gasteiger partial charge >= 0.3 is 0 Å². The summed E-state index contributed by atoms with van der Waals surface area (Å²) in [6, 6.07) is 4.13. The molecular weight excluding hydrogens is 172 g/mol. The van der Waals surface area contributed by atoms with Crippen molar-refractivity contribution in [1.29, 1.82) is 0 Å². The Morgan fingerprint density at radius 1 is 1.43 bits per heavy atom. The summed E-state index contributed by atoms with van der Waals surface area (Å²) in [6.45, 7) is 4.46. The first-order valence-electron chi connectivity index (χ1n) is 5.46. The maximum absolute atomic E-state index is 4.00. The van der Waals surface area contributed by atoms with Crippen molar-refractivity contribution in [3.05, 3.63) is 30.1 Å². The highest BCUT2D eigenvalue weighted by Gasteiger charge is 2.27. The lowest BCUT2D eigenvalue weighted by Crippen LogP contribution is -2.21. The molecular formula is C12H18N2. The van der Waals surface area contributed by atoms with Crippen molar-refractivity contribution in [3.8, 4) is 0 Å². The van der Waals surface area contributed by atoms with Crippen molar-refractivity contribution < 1.29 is 0 Å². The van der Waals surface area contributed by atoms with Crippen molar-refractivity contribution in [1.82, 2.24) is 10.3 Å². The summed E-state index contributed by atoms with van der Waals surface area (Å²) in [5, 5.41) is 3.50. The fourth-order valence-electron chi connectivity index (χ4n) is 1.78. The molecule has 1 aromatic rings. The number of nitrogens with one attached hydrogen (secondary N) is 1. The standard InChI is InChI=1S/C12H18N2/c1-10(12-2-3-12)8-14-9-11-4-6-13-7-5-11/h4-7,10,12,14H,2-3,8-9H2,1H3. The van der Waals surface area contributed by atoms with Gasteiger partial charge in [0.25, 0.3) is 0 Å². The van der Waals surface area contributed by atoms with Gasteiger partial charge in [-0.05, 0) is 48.9 Å². The number of rotatable bonds is 5. The van der Waals surface area contributed by atoms with Gasteiger partial charge < -0.3 is 5.32 Å². The molecule has 0 bridgehead atoms. The molecule has 2 nitrogen and oxygen atoms in total. The van der Waals surface area contributed by atoms with E-state index >= 15 is 0 Å². The Bertz CT molecular complexity index is 267. The third-order valence-corrected chi connectivity index (χ3v) is 2.97. The molecule has 1 aliphatic rings. The van der Waals surface area contributed by atoms with Crippen LogP contribution in [0.2, 0.25) is 0 Å². The Balaban J connectivity index is 1.67. The Labute approximate surface area is 85.7 Å². The molecule has 1 atom stereocenters. The Hall–Kier alpha value is -0.890. The van der Waals surface area contributed by atoms with Gasteiger partial charge in [-0.15, -0.1) is 0 Å². The first-order chi connectivity index (χ1) is 6.86. The van der Waals surface area contributed by atoms with E-state index in [2.05, 4.69) is 29.4 Å². The summed E-state index contributed by atoms with van der Waals surface area (Å²) < 4.78 is 0. The minimum atomic E-state index is 0.844. The van der Waals surface area contributed by atoms with Crippen LogP contribution in [-0.4, -0.2) is 11.5 Å². The van der Waals surface area contributed by atoms with Gasteiger partial charge in [0, 0.05) is 18.9 Å². The van der Waals surface area contributed by atoms with Gasteiger partial charge in [0.2, 0.25) is 0 Å². The fraction of sp³-hybridized carbons (Fsp3) is 0.583. The lowest BCUT2D eigenvalue weighted by Gasteiger charge is -2.10. The zero-order valence-electron chi connectivity index (χ0n) is 8.74. The molecule has 0 aliphatic heterocycles. The molecule has 14 heavy (non-hydrogen) atoms. The minimum Gasteiger partial charge on any atom is -0.312 e. The van der Waals surface area contributed by atoms with Crippen LogP contribution in [0, 0.1) is 11.8 Å². The van der Waals surface area contributed by atoms with Gasteiger partial charge in [-0.2, -0.15) is 0 Å². The maximum Gasteiger partial charge on any atom is 0.0271 e.